The molecule has 3 aromatic rings. The lowest BCUT2D eigenvalue weighted by atomic mass is 10.2. The number of rotatable bonds is 3. The van der Waals surface area contributed by atoms with Gasteiger partial charge in [0.2, 0.25) is 0 Å². The fraction of sp³-hybridized carbons (Fsp3) is 0.125. The van der Waals surface area contributed by atoms with Gasteiger partial charge in [-0.15, -0.1) is 0 Å². The van der Waals surface area contributed by atoms with Gasteiger partial charge in [0.1, 0.15) is 11.3 Å². The third-order valence-corrected chi connectivity index (χ3v) is 3.55. The number of carbonyl (C=O) groups excluding carboxylic acids is 1. The Morgan fingerprint density at radius 2 is 2.04 bits per heavy atom. The van der Waals surface area contributed by atoms with Crippen LogP contribution in [-0.2, 0) is 0 Å². The van der Waals surface area contributed by atoms with Gasteiger partial charge in [-0.25, -0.2) is 4.98 Å². The third kappa shape index (κ3) is 2.64. The normalized spacial score (nSPS) is 10.7. The number of imidazole rings is 1. The van der Waals surface area contributed by atoms with Gasteiger partial charge in [-0.2, -0.15) is 0 Å². The van der Waals surface area contributed by atoms with Crippen molar-refractivity contribution in [3.05, 3.63) is 69.7 Å². The predicted molar refractivity (Wildman–Crippen MR) is 85.7 cm³/mol. The van der Waals surface area contributed by atoms with Crippen LogP contribution in [0.2, 0.25) is 0 Å². The number of nitrogens with zero attached hydrogens (tertiary/aromatic N) is 3. The minimum atomic E-state index is -0.502. The van der Waals surface area contributed by atoms with Gasteiger partial charge < -0.3 is 5.32 Å². The molecule has 0 bridgehead atoms. The highest BCUT2D eigenvalue weighted by atomic mass is 16.6. The lowest BCUT2D eigenvalue weighted by Gasteiger charge is -2.06. The Hall–Kier alpha value is -3.22. The Labute approximate surface area is 131 Å². The second-order valence-corrected chi connectivity index (χ2v) is 5.19. The first-order chi connectivity index (χ1) is 11.0. The Morgan fingerprint density at radius 3 is 2.78 bits per heavy atom. The smallest absolute Gasteiger partial charge is 0.274 e. The Kier molecular flexibility index (Phi) is 3.53. The van der Waals surface area contributed by atoms with E-state index in [9.17, 15) is 14.9 Å². The van der Waals surface area contributed by atoms with E-state index in [4.69, 9.17) is 0 Å². The van der Waals surface area contributed by atoms with Crippen molar-refractivity contribution < 1.29 is 9.72 Å². The highest BCUT2D eigenvalue weighted by molar-refractivity contribution is 6.04. The summed E-state index contributed by atoms with van der Waals surface area (Å²) in [4.78, 5) is 27.3. The minimum absolute atomic E-state index is 0.0755. The largest absolute Gasteiger partial charge is 0.320 e. The first-order valence-electron chi connectivity index (χ1n) is 6.97. The molecule has 0 aliphatic carbocycles. The van der Waals surface area contributed by atoms with Crippen LogP contribution in [0.1, 0.15) is 21.7 Å². The van der Waals surface area contributed by atoms with E-state index < -0.39 is 4.92 Å². The number of hydrogen-bond acceptors (Lipinski definition) is 4. The molecule has 0 saturated carbocycles. The first-order valence-corrected chi connectivity index (χ1v) is 6.97. The van der Waals surface area contributed by atoms with Crippen molar-refractivity contribution in [3.63, 3.8) is 0 Å². The summed E-state index contributed by atoms with van der Waals surface area (Å²) in [6.45, 7) is 3.68. The number of aromatic nitrogens is 2. The van der Waals surface area contributed by atoms with Crippen molar-refractivity contribution >= 4 is 22.9 Å². The Morgan fingerprint density at radius 1 is 1.26 bits per heavy atom. The van der Waals surface area contributed by atoms with Crippen molar-refractivity contribution in [2.45, 2.75) is 13.8 Å². The van der Waals surface area contributed by atoms with Crippen molar-refractivity contribution in [2.24, 2.45) is 0 Å². The van der Waals surface area contributed by atoms with Crippen molar-refractivity contribution in [3.8, 4) is 0 Å². The van der Waals surface area contributed by atoms with E-state index in [2.05, 4.69) is 10.3 Å². The van der Waals surface area contributed by atoms with E-state index in [0.717, 1.165) is 5.56 Å². The van der Waals surface area contributed by atoms with Crippen LogP contribution < -0.4 is 5.32 Å². The van der Waals surface area contributed by atoms with E-state index >= 15 is 0 Å². The van der Waals surface area contributed by atoms with Crippen LogP contribution >= 0.6 is 0 Å². The number of nitro benzene ring substituents is 1. The highest BCUT2D eigenvalue weighted by Crippen LogP contribution is 2.20. The molecular formula is C16H14N4O3. The van der Waals surface area contributed by atoms with Crippen molar-refractivity contribution in [1.82, 2.24) is 9.38 Å². The number of non-ortho nitro benzene ring substituents is 1. The maximum absolute atomic E-state index is 12.6. The molecule has 2 aromatic heterocycles. The van der Waals surface area contributed by atoms with Crippen LogP contribution in [0.25, 0.3) is 5.65 Å². The Balaban J connectivity index is 1.98. The number of carbonyl (C=O) groups is 1. The van der Waals surface area contributed by atoms with Gasteiger partial charge in [0.05, 0.1) is 10.6 Å². The molecule has 0 atom stereocenters. The quantitative estimate of drug-likeness (QED) is 0.594. The monoisotopic (exact) mass is 310 g/mol. The summed E-state index contributed by atoms with van der Waals surface area (Å²) in [5.41, 5.74) is 2.98. The van der Waals surface area contributed by atoms with E-state index in [1.807, 2.05) is 19.1 Å². The second kappa shape index (κ2) is 5.53. The molecule has 0 saturated heterocycles. The molecule has 7 nitrogen and oxygen atoms in total. The molecule has 1 N–H and O–H groups in total. The van der Waals surface area contributed by atoms with Crippen LogP contribution in [0.4, 0.5) is 11.4 Å². The highest BCUT2D eigenvalue weighted by Gasteiger charge is 2.18. The summed E-state index contributed by atoms with van der Waals surface area (Å²) in [5, 5.41) is 13.5. The van der Waals surface area contributed by atoms with E-state index in [1.54, 1.807) is 23.6 Å². The molecule has 0 unspecified atom stereocenters. The van der Waals surface area contributed by atoms with Crippen LogP contribution in [0, 0.1) is 24.0 Å². The van der Waals surface area contributed by atoms with E-state index in [0.29, 0.717) is 22.7 Å². The lowest BCUT2D eigenvalue weighted by molar-refractivity contribution is -0.384. The van der Waals surface area contributed by atoms with Crippen LogP contribution in [0.15, 0.2) is 42.6 Å². The minimum Gasteiger partial charge on any atom is -0.320 e. The molecule has 23 heavy (non-hydrogen) atoms. The van der Waals surface area contributed by atoms with Crippen LogP contribution in [0.5, 0.6) is 0 Å². The number of aryl methyl sites for hydroxylation is 2. The zero-order valence-corrected chi connectivity index (χ0v) is 12.6. The number of fused-ring (bicyclic) bond motifs is 1. The zero-order chi connectivity index (χ0) is 16.6. The molecule has 1 aromatic carbocycles. The summed E-state index contributed by atoms with van der Waals surface area (Å²) < 4.78 is 1.72. The molecule has 0 spiro atoms. The van der Waals surface area contributed by atoms with Crippen LogP contribution in [0.3, 0.4) is 0 Å². The molecule has 0 aliphatic heterocycles. The number of amides is 1. The van der Waals surface area contributed by atoms with Gasteiger partial charge in [0, 0.05) is 24.0 Å². The number of nitrogens with one attached hydrogen (secondary N) is 1. The summed E-state index contributed by atoms with van der Waals surface area (Å²) in [6, 6.07) is 9.59. The van der Waals surface area contributed by atoms with Gasteiger partial charge in [-0.1, -0.05) is 12.1 Å². The number of benzene rings is 1. The average Bonchev–Trinajstić information content (AvgIpc) is 2.85. The second-order valence-electron chi connectivity index (χ2n) is 5.19. The van der Waals surface area contributed by atoms with E-state index in [1.165, 1.54) is 18.2 Å². The van der Waals surface area contributed by atoms with Gasteiger partial charge in [-0.3, -0.25) is 19.3 Å². The molecule has 116 valence electrons. The fourth-order valence-electron chi connectivity index (χ4n) is 2.48. The lowest BCUT2D eigenvalue weighted by Crippen LogP contribution is -2.15. The number of hydrogen-bond donors (Lipinski definition) is 1. The SMILES string of the molecule is Cc1nc2c(C)cccn2c1C(=O)Nc1cccc([N+](=O)[O-])c1. The van der Waals surface area contributed by atoms with Crippen LogP contribution in [-0.4, -0.2) is 20.2 Å². The number of pyridine rings is 1. The average molecular weight is 310 g/mol. The first kappa shape index (κ1) is 14.7. The maximum atomic E-state index is 12.6. The standard InChI is InChI=1S/C16H14N4O3/c1-10-5-4-8-19-14(11(2)17-15(10)19)16(21)18-12-6-3-7-13(9-12)20(22)23/h3-9H,1-2H3,(H,18,21). The van der Waals surface area contributed by atoms with E-state index in [-0.39, 0.29) is 11.6 Å². The maximum Gasteiger partial charge on any atom is 0.274 e. The summed E-state index contributed by atoms with van der Waals surface area (Å²) in [6.07, 6.45) is 1.77. The van der Waals surface area contributed by atoms with Crippen molar-refractivity contribution in [1.29, 1.82) is 0 Å². The molecule has 7 heteroatoms. The van der Waals surface area contributed by atoms with Gasteiger partial charge in [-0.05, 0) is 31.5 Å². The molecule has 3 rings (SSSR count). The van der Waals surface area contributed by atoms with Gasteiger partial charge >= 0.3 is 0 Å². The molecule has 2 heterocycles. The molecular weight excluding hydrogens is 296 g/mol. The third-order valence-electron chi connectivity index (χ3n) is 3.55. The van der Waals surface area contributed by atoms with Crippen molar-refractivity contribution in [2.75, 3.05) is 5.32 Å². The number of nitro groups is 1. The molecule has 0 radical (unpaired) electrons. The molecule has 1 amide bonds. The Bertz CT molecular complexity index is 930. The van der Waals surface area contributed by atoms with Gasteiger partial charge in [0.25, 0.3) is 11.6 Å². The number of anilines is 1. The topological polar surface area (TPSA) is 89.5 Å². The van der Waals surface area contributed by atoms with Gasteiger partial charge in [0.15, 0.2) is 0 Å². The summed E-state index contributed by atoms with van der Waals surface area (Å²) >= 11 is 0. The fourth-order valence-corrected chi connectivity index (χ4v) is 2.48. The predicted octanol–water partition coefficient (Wildman–Crippen LogP) is 3.11. The molecule has 0 aliphatic rings. The molecule has 0 fully saturated rings. The summed E-state index contributed by atoms with van der Waals surface area (Å²) in [5.74, 6) is -0.360. The summed E-state index contributed by atoms with van der Waals surface area (Å²) in [7, 11) is 0. The zero-order valence-electron chi connectivity index (χ0n) is 12.6.